The minimum Gasteiger partial charge on any atom is -0.316 e. The van der Waals surface area contributed by atoms with E-state index < -0.39 is 9.84 Å². The maximum Gasteiger partial charge on any atom is 0.150 e. The highest BCUT2D eigenvalue weighted by Crippen LogP contribution is 2.10. The molecule has 3 nitrogen and oxygen atoms in total. The molecular formula is C7H16ClNO2S. The quantitative estimate of drug-likeness (QED) is 0.741. The number of sulfone groups is 1. The van der Waals surface area contributed by atoms with Gasteiger partial charge in [-0.3, -0.25) is 0 Å². The van der Waals surface area contributed by atoms with Crippen LogP contribution in [-0.2, 0) is 9.84 Å². The van der Waals surface area contributed by atoms with E-state index in [-0.39, 0.29) is 18.2 Å². The van der Waals surface area contributed by atoms with Gasteiger partial charge in [-0.25, -0.2) is 8.42 Å². The summed E-state index contributed by atoms with van der Waals surface area (Å²) < 4.78 is 22.3. The molecule has 1 saturated heterocycles. The molecule has 0 saturated carbocycles. The highest BCUT2D eigenvalue weighted by atomic mass is 35.5. The van der Waals surface area contributed by atoms with Crippen molar-refractivity contribution < 1.29 is 8.42 Å². The molecule has 1 N–H and O–H groups in total. The molecule has 1 atom stereocenters. The molecule has 0 aliphatic carbocycles. The molecule has 0 amide bonds. The van der Waals surface area contributed by atoms with Crippen molar-refractivity contribution >= 4 is 22.2 Å². The summed E-state index contributed by atoms with van der Waals surface area (Å²) in [7, 11) is -2.74. The predicted molar refractivity (Wildman–Crippen MR) is 52.6 cm³/mol. The Bertz CT molecular complexity index is 209. The lowest BCUT2D eigenvalue weighted by atomic mass is 10.2. The van der Waals surface area contributed by atoms with E-state index in [4.69, 9.17) is 0 Å². The molecule has 0 unspecified atom stereocenters. The normalized spacial score (nSPS) is 23.6. The molecular weight excluding hydrogens is 198 g/mol. The lowest BCUT2D eigenvalue weighted by Gasteiger charge is -2.06. The van der Waals surface area contributed by atoms with Crippen molar-refractivity contribution in [1.82, 2.24) is 5.32 Å². The van der Waals surface area contributed by atoms with Gasteiger partial charge in [0.2, 0.25) is 0 Å². The van der Waals surface area contributed by atoms with Crippen LogP contribution in [0.3, 0.4) is 0 Å². The predicted octanol–water partition coefficient (Wildman–Crippen LogP) is 0.452. The highest BCUT2D eigenvalue weighted by molar-refractivity contribution is 7.91. The van der Waals surface area contributed by atoms with Crippen molar-refractivity contribution in [3.63, 3.8) is 0 Å². The van der Waals surface area contributed by atoms with E-state index in [9.17, 15) is 8.42 Å². The summed E-state index contributed by atoms with van der Waals surface area (Å²) in [4.78, 5) is 0. The molecule has 1 aliphatic rings. The Hall–Kier alpha value is 0.200. The average molecular weight is 214 g/mol. The zero-order valence-electron chi connectivity index (χ0n) is 7.25. The third-order valence-corrected chi connectivity index (χ3v) is 3.95. The van der Waals surface area contributed by atoms with E-state index >= 15 is 0 Å². The molecule has 1 heterocycles. The first-order valence-electron chi connectivity index (χ1n) is 4.05. The van der Waals surface area contributed by atoms with Gasteiger partial charge in [0, 0.05) is 5.75 Å². The van der Waals surface area contributed by atoms with Crippen LogP contribution in [0.5, 0.6) is 0 Å². The summed E-state index contributed by atoms with van der Waals surface area (Å²) in [6, 6.07) is 0. The number of nitrogens with one attached hydrogen (secondary N) is 1. The van der Waals surface area contributed by atoms with E-state index in [2.05, 4.69) is 5.32 Å². The van der Waals surface area contributed by atoms with Crippen molar-refractivity contribution in [2.24, 2.45) is 5.92 Å². The number of hydrogen-bond donors (Lipinski definition) is 1. The van der Waals surface area contributed by atoms with Crippen LogP contribution in [0.1, 0.15) is 13.3 Å². The van der Waals surface area contributed by atoms with Crippen LogP contribution in [0.15, 0.2) is 0 Å². The smallest absolute Gasteiger partial charge is 0.150 e. The van der Waals surface area contributed by atoms with Gasteiger partial charge < -0.3 is 5.32 Å². The lowest BCUT2D eigenvalue weighted by Crippen LogP contribution is -2.19. The third-order valence-electron chi connectivity index (χ3n) is 2.09. The molecule has 0 aromatic rings. The van der Waals surface area contributed by atoms with Crippen molar-refractivity contribution in [1.29, 1.82) is 0 Å². The first-order chi connectivity index (χ1) is 5.14. The Balaban J connectivity index is 0.00000121. The molecule has 0 spiro atoms. The Kier molecular flexibility index (Phi) is 5.13. The van der Waals surface area contributed by atoms with Crippen LogP contribution in [-0.4, -0.2) is 33.0 Å². The van der Waals surface area contributed by atoms with Gasteiger partial charge in [0.15, 0.2) is 0 Å². The molecule has 0 aromatic carbocycles. The van der Waals surface area contributed by atoms with Crippen LogP contribution in [0.4, 0.5) is 0 Å². The first kappa shape index (κ1) is 12.2. The van der Waals surface area contributed by atoms with Gasteiger partial charge in [-0.2, -0.15) is 0 Å². The SMILES string of the molecule is CCS(=O)(=O)C[C@H]1CCNC1.Cl. The van der Waals surface area contributed by atoms with Gasteiger partial charge in [-0.15, -0.1) is 12.4 Å². The van der Waals surface area contributed by atoms with Gasteiger partial charge in [0.25, 0.3) is 0 Å². The van der Waals surface area contributed by atoms with E-state index in [1.54, 1.807) is 6.92 Å². The minimum atomic E-state index is -2.74. The van der Waals surface area contributed by atoms with Gasteiger partial charge >= 0.3 is 0 Å². The average Bonchev–Trinajstić information content (AvgIpc) is 2.39. The Morgan fingerprint density at radius 3 is 2.58 bits per heavy atom. The minimum absolute atomic E-state index is 0. The molecule has 1 aliphatic heterocycles. The summed E-state index contributed by atoms with van der Waals surface area (Å²) in [6.07, 6.45) is 1.01. The van der Waals surface area contributed by atoms with Crippen molar-refractivity contribution in [3.8, 4) is 0 Å². The van der Waals surface area contributed by atoms with E-state index in [1.807, 2.05) is 0 Å². The maximum atomic E-state index is 11.1. The van der Waals surface area contributed by atoms with Crippen molar-refractivity contribution in [2.45, 2.75) is 13.3 Å². The second kappa shape index (κ2) is 5.04. The molecule has 5 heteroatoms. The largest absolute Gasteiger partial charge is 0.316 e. The summed E-state index contributed by atoms with van der Waals surface area (Å²) in [5.41, 5.74) is 0. The molecule has 0 bridgehead atoms. The standard InChI is InChI=1S/C7H15NO2S.ClH/c1-2-11(9,10)6-7-3-4-8-5-7;/h7-8H,2-6H2,1H3;1H/t7-;/m0./s1. The fourth-order valence-corrected chi connectivity index (χ4v) is 2.57. The first-order valence-corrected chi connectivity index (χ1v) is 5.87. The van der Waals surface area contributed by atoms with E-state index in [0.29, 0.717) is 11.7 Å². The number of rotatable bonds is 3. The molecule has 12 heavy (non-hydrogen) atoms. The molecule has 0 radical (unpaired) electrons. The van der Waals surface area contributed by atoms with E-state index in [1.165, 1.54) is 0 Å². The van der Waals surface area contributed by atoms with Crippen LogP contribution >= 0.6 is 12.4 Å². The van der Waals surface area contributed by atoms with E-state index in [0.717, 1.165) is 19.5 Å². The van der Waals surface area contributed by atoms with Gasteiger partial charge in [-0.05, 0) is 25.4 Å². The fraction of sp³-hybridized carbons (Fsp3) is 1.00. The second-order valence-electron chi connectivity index (χ2n) is 3.06. The third kappa shape index (κ3) is 3.74. The number of halogens is 1. The molecule has 1 fully saturated rings. The molecule has 1 rings (SSSR count). The van der Waals surface area contributed by atoms with Crippen LogP contribution in [0.25, 0.3) is 0 Å². The number of hydrogen-bond acceptors (Lipinski definition) is 3. The molecule has 74 valence electrons. The summed E-state index contributed by atoms with van der Waals surface area (Å²) in [6.45, 7) is 3.56. The summed E-state index contributed by atoms with van der Waals surface area (Å²) in [5.74, 6) is 1.01. The zero-order valence-corrected chi connectivity index (χ0v) is 8.88. The molecule has 0 aromatic heterocycles. The lowest BCUT2D eigenvalue weighted by molar-refractivity contribution is 0.571. The Morgan fingerprint density at radius 2 is 2.17 bits per heavy atom. The second-order valence-corrected chi connectivity index (χ2v) is 5.46. The van der Waals surface area contributed by atoms with Crippen LogP contribution in [0.2, 0.25) is 0 Å². The van der Waals surface area contributed by atoms with Gasteiger partial charge in [-0.1, -0.05) is 6.92 Å². The Labute approximate surface area is 80.3 Å². The monoisotopic (exact) mass is 213 g/mol. The fourth-order valence-electron chi connectivity index (χ4n) is 1.33. The van der Waals surface area contributed by atoms with Gasteiger partial charge in [0.1, 0.15) is 9.84 Å². The van der Waals surface area contributed by atoms with Crippen LogP contribution in [0, 0.1) is 5.92 Å². The van der Waals surface area contributed by atoms with Gasteiger partial charge in [0.05, 0.1) is 5.75 Å². The topological polar surface area (TPSA) is 46.2 Å². The van der Waals surface area contributed by atoms with Crippen molar-refractivity contribution in [2.75, 3.05) is 24.6 Å². The highest BCUT2D eigenvalue weighted by Gasteiger charge is 2.20. The Morgan fingerprint density at radius 1 is 1.50 bits per heavy atom. The van der Waals surface area contributed by atoms with Crippen molar-refractivity contribution in [3.05, 3.63) is 0 Å². The summed E-state index contributed by atoms with van der Waals surface area (Å²) >= 11 is 0. The zero-order chi connectivity index (χ0) is 8.32. The maximum absolute atomic E-state index is 11.1. The summed E-state index contributed by atoms with van der Waals surface area (Å²) in [5, 5.41) is 3.15. The van der Waals surface area contributed by atoms with Crippen LogP contribution < -0.4 is 5.32 Å².